The number of nitrogens with zero attached hydrogens (tertiary/aromatic N) is 2. The van der Waals surface area contributed by atoms with Crippen LogP contribution in [0.25, 0.3) is 0 Å². The van der Waals surface area contributed by atoms with E-state index in [0.29, 0.717) is 27.5 Å². The second-order valence-electron chi connectivity index (χ2n) is 9.45. The first-order valence-electron chi connectivity index (χ1n) is 12.3. The summed E-state index contributed by atoms with van der Waals surface area (Å²) in [6.07, 6.45) is 0. The average Bonchev–Trinajstić information content (AvgIpc) is 3.28. The third kappa shape index (κ3) is 5.25. The van der Waals surface area contributed by atoms with Gasteiger partial charge in [-0.15, -0.1) is 0 Å². The van der Waals surface area contributed by atoms with Gasteiger partial charge in [-0.2, -0.15) is 4.31 Å². The molecule has 1 fully saturated rings. The van der Waals surface area contributed by atoms with E-state index in [1.54, 1.807) is 47.4 Å². The fourth-order valence-electron chi connectivity index (χ4n) is 4.95. The largest absolute Gasteiger partial charge is 0.280 e. The van der Waals surface area contributed by atoms with Crippen LogP contribution in [0, 0.1) is 12.8 Å². The first-order valence-corrected chi connectivity index (χ1v) is 14.5. The Bertz CT molecular complexity index is 1590. The number of carbonyl (C=O) groups excluding carboxylic acids is 1. The molecule has 0 N–H and O–H groups in total. The minimum Gasteiger partial charge on any atom is -0.280 e. The smallest absolute Gasteiger partial charge is 0.243 e. The van der Waals surface area contributed by atoms with Crippen molar-refractivity contribution in [2.24, 2.45) is 5.92 Å². The molecule has 4 aromatic rings. The number of aryl methyl sites for hydroxylation is 1. The second kappa shape index (κ2) is 11.0. The summed E-state index contributed by atoms with van der Waals surface area (Å²) in [7, 11) is -4.02. The molecule has 5 nitrogen and oxygen atoms in total. The van der Waals surface area contributed by atoms with Crippen LogP contribution in [0.3, 0.4) is 0 Å². The molecule has 5 rings (SSSR count). The van der Waals surface area contributed by atoms with Crippen LogP contribution in [0.4, 0.5) is 11.4 Å². The highest BCUT2D eigenvalue weighted by Crippen LogP contribution is 2.47. The highest BCUT2D eigenvalue weighted by molar-refractivity contribution is 7.89. The fourth-order valence-corrected chi connectivity index (χ4v) is 7.09. The Labute approximate surface area is 239 Å². The van der Waals surface area contributed by atoms with E-state index in [1.165, 1.54) is 4.31 Å². The molecule has 1 saturated heterocycles. The van der Waals surface area contributed by atoms with Crippen molar-refractivity contribution in [3.05, 3.63) is 136 Å². The topological polar surface area (TPSA) is 57.7 Å². The zero-order valence-electron chi connectivity index (χ0n) is 21.2. The maximum atomic E-state index is 14.5. The van der Waals surface area contributed by atoms with Crippen LogP contribution in [-0.4, -0.2) is 25.2 Å². The molecular formula is C31H26Cl2N2O3S. The first kappa shape index (κ1) is 27.2. The highest BCUT2D eigenvalue weighted by atomic mass is 35.5. The van der Waals surface area contributed by atoms with Crippen molar-refractivity contribution < 1.29 is 13.2 Å². The number of carbonyl (C=O) groups is 1. The summed E-state index contributed by atoms with van der Waals surface area (Å²) < 4.78 is 29.4. The van der Waals surface area contributed by atoms with Gasteiger partial charge in [-0.3, -0.25) is 9.69 Å². The summed E-state index contributed by atoms with van der Waals surface area (Å²) in [5.74, 6) is -1.22. The van der Waals surface area contributed by atoms with Crippen LogP contribution in [0.1, 0.15) is 17.2 Å². The van der Waals surface area contributed by atoms with E-state index in [1.807, 2.05) is 67.6 Å². The van der Waals surface area contributed by atoms with Gasteiger partial charge < -0.3 is 0 Å². The van der Waals surface area contributed by atoms with Gasteiger partial charge in [-0.25, -0.2) is 8.42 Å². The van der Waals surface area contributed by atoms with Crippen LogP contribution in [0.5, 0.6) is 0 Å². The molecule has 1 aliphatic heterocycles. The van der Waals surface area contributed by atoms with Gasteiger partial charge in [0.15, 0.2) is 0 Å². The molecule has 0 aliphatic carbocycles. The molecule has 0 unspecified atom stereocenters. The molecule has 2 atom stereocenters. The zero-order chi connectivity index (χ0) is 27.7. The van der Waals surface area contributed by atoms with E-state index in [0.717, 1.165) is 5.56 Å². The molecule has 0 aromatic heterocycles. The van der Waals surface area contributed by atoms with Gasteiger partial charge in [0.25, 0.3) is 0 Å². The van der Waals surface area contributed by atoms with E-state index < -0.39 is 22.0 Å². The van der Waals surface area contributed by atoms with Crippen molar-refractivity contribution in [1.29, 1.82) is 0 Å². The number of rotatable bonds is 6. The van der Waals surface area contributed by atoms with Crippen LogP contribution in [0.15, 0.2) is 120 Å². The maximum Gasteiger partial charge on any atom is 0.243 e. The van der Waals surface area contributed by atoms with E-state index in [-0.39, 0.29) is 22.4 Å². The Hall–Kier alpha value is -3.42. The molecule has 0 saturated carbocycles. The van der Waals surface area contributed by atoms with E-state index in [4.69, 9.17) is 23.2 Å². The van der Waals surface area contributed by atoms with Gasteiger partial charge in [-0.1, -0.05) is 89.9 Å². The van der Waals surface area contributed by atoms with Crippen LogP contribution < -0.4 is 4.90 Å². The van der Waals surface area contributed by atoms with Gasteiger partial charge >= 0.3 is 0 Å². The predicted molar refractivity (Wildman–Crippen MR) is 157 cm³/mol. The summed E-state index contributed by atoms with van der Waals surface area (Å²) in [6, 6.07) is 29.1. The van der Waals surface area contributed by atoms with Gasteiger partial charge in [0, 0.05) is 28.0 Å². The monoisotopic (exact) mass is 576 g/mol. The molecule has 1 aliphatic rings. The summed E-state index contributed by atoms with van der Waals surface area (Å²) >= 11 is 12.9. The van der Waals surface area contributed by atoms with E-state index in [2.05, 4.69) is 6.58 Å². The third-order valence-corrected chi connectivity index (χ3v) is 9.25. The minimum atomic E-state index is -4.02. The summed E-state index contributed by atoms with van der Waals surface area (Å²) in [5, 5.41) is 0.682. The Morgan fingerprint density at radius 2 is 1.44 bits per heavy atom. The molecule has 1 heterocycles. The van der Waals surface area contributed by atoms with Gasteiger partial charge in [0.05, 0.1) is 16.9 Å². The Balaban J connectivity index is 1.67. The van der Waals surface area contributed by atoms with Crippen molar-refractivity contribution in [3.8, 4) is 0 Å². The Morgan fingerprint density at radius 3 is 1.97 bits per heavy atom. The van der Waals surface area contributed by atoms with Crippen LogP contribution in [-0.2, 0) is 14.8 Å². The average molecular weight is 578 g/mol. The molecule has 8 heteroatoms. The van der Waals surface area contributed by atoms with Crippen molar-refractivity contribution in [2.75, 3.05) is 11.4 Å². The Kier molecular flexibility index (Phi) is 7.65. The highest BCUT2D eigenvalue weighted by Gasteiger charge is 2.50. The normalized spacial score (nSPS) is 17.8. The molecule has 1 amide bonds. The van der Waals surface area contributed by atoms with Gasteiger partial charge in [0.2, 0.25) is 15.9 Å². The standard InChI is InChI=1S/C31H26Cl2N2O3S/c1-21-13-16-26(17-14-21)39(37,38)34-20-22(2)29(30(34)27-18-15-23(32)19-28(27)33)31(36)35(24-9-5-3-6-10-24)25-11-7-4-8-12-25/h3-19,29-30H,2,20H2,1H3/t29-,30+/m0/s1. The molecular weight excluding hydrogens is 551 g/mol. The zero-order valence-corrected chi connectivity index (χ0v) is 23.5. The number of para-hydroxylation sites is 2. The Morgan fingerprint density at radius 1 is 0.872 bits per heavy atom. The molecule has 0 radical (unpaired) electrons. The maximum absolute atomic E-state index is 14.5. The molecule has 39 heavy (non-hydrogen) atoms. The number of amides is 1. The lowest BCUT2D eigenvalue weighted by atomic mass is 9.90. The number of benzene rings is 4. The van der Waals surface area contributed by atoms with Crippen molar-refractivity contribution >= 4 is 50.5 Å². The number of hydrogen-bond donors (Lipinski definition) is 0. The lowest BCUT2D eigenvalue weighted by molar-refractivity contribution is -0.121. The minimum absolute atomic E-state index is 0.0341. The molecule has 0 bridgehead atoms. The molecule has 0 spiro atoms. The lowest BCUT2D eigenvalue weighted by Crippen LogP contribution is -2.38. The van der Waals surface area contributed by atoms with E-state index >= 15 is 0 Å². The molecule has 198 valence electrons. The van der Waals surface area contributed by atoms with Gasteiger partial charge in [0.1, 0.15) is 0 Å². The summed E-state index contributed by atoms with van der Waals surface area (Å²) in [5.41, 5.74) is 3.20. The van der Waals surface area contributed by atoms with Crippen molar-refractivity contribution in [1.82, 2.24) is 4.31 Å². The molecule has 4 aromatic carbocycles. The van der Waals surface area contributed by atoms with Crippen LogP contribution >= 0.6 is 23.2 Å². The SMILES string of the molecule is C=C1CN(S(=O)(=O)c2ccc(C)cc2)[C@H](c2ccc(Cl)cc2Cl)[C@H]1C(=O)N(c1ccccc1)c1ccccc1. The first-order chi connectivity index (χ1) is 18.7. The fraction of sp³-hybridized carbons (Fsp3) is 0.129. The predicted octanol–water partition coefficient (Wildman–Crippen LogP) is 7.58. The van der Waals surface area contributed by atoms with Crippen LogP contribution in [0.2, 0.25) is 10.0 Å². The van der Waals surface area contributed by atoms with Gasteiger partial charge in [-0.05, 0) is 66.6 Å². The number of hydrogen-bond acceptors (Lipinski definition) is 3. The second-order valence-corrected chi connectivity index (χ2v) is 12.2. The van der Waals surface area contributed by atoms with E-state index in [9.17, 15) is 13.2 Å². The summed E-state index contributed by atoms with van der Waals surface area (Å²) in [4.78, 5) is 16.3. The van der Waals surface area contributed by atoms with Crippen molar-refractivity contribution in [3.63, 3.8) is 0 Å². The summed E-state index contributed by atoms with van der Waals surface area (Å²) in [6.45, 7) is 6.05. The number of anilines is 2. The third-order valence-electron chi connectivity index (χ3n) is 6.85. The lowest BCUT2D eigenvalue weighted by Gasteiger charge is -2.32. The number of halogens is 2. The van der Waals surface area contributed by atoms with Crippen molar-refractivity contribution in [2.45, 2.75) is 17.9 Å². The quantitative estimate of drug-likeness (QED) is 0.222. The number of sulfonamides is 1.